The maximum absolute atomic E-state index is 4.71. The third-order valence-electron chi connectivity index (χ3n) is 6.36. The summed E-state index contributed by atoms with van der Waals surface area (Å²) in [5, 5.41) is 0. The number of hydrogen-bond donors (Lipinski definition) is 0. The van der Waals surface area contributed by atoms with Gasteiger partial charge in [-0.05, 0) is 42.9 Å². The Hall–Kier alpha value is -2.55. The normalized spacial score (nSPS) is 11.1. The van der Waals surface area contributed by atoms with Crippen LogP contribution in [0.1, 0.15) is 95.6 Å². The van der Waals surface area contributed by atoms with E-state index in [0.29, 0.717) is 0 Å². The van der Waals surface area contributed by atoms with E-state index in [1.54, 1.807) is 0 Å². The van der Waals surface area contributed by atoms with E-state index in [2.05, 4.69) is 60.2 Å². The van der Waals surface area contributed by atoms with E-state index in [-0.39, 0.29) is 0 Å². The van der Waals surface area contributed by atoms with Crippen LogP contribution in [0, 0.1) is 0 Å². The van der Waals surface area contributed by atoms with E-state index in [9.17, 15) is 0 Å². The minimum Gasteiger partial charge on any atom is -0.256 e. The Morgan fingerprint density at radius 2 is 1.00 bits per heavy atom. The van der Waals surface area contributed by atoms with Crippen molar-refractivity contribution in [1.29, 1.82) is 0 Å². The number of benzene rings is 1. The lowest BCUT2D eigenvalue weighted by molar-refractivity contribution is 0.589. The van der Waals surface area contributed by atoms with Crippen LogP contribution in [0.25, 0.3) is 22.6 Å². The molecule has 176 valence electrons. The maximum Gasteiger partial charge on any atom is 0.159 e. The van der Waals surface area contributed by atoms with E-state index in [1.807, 2.05) is 18.6 Å². The first kappa shape index (κ1) is 25.1. The number of nitrogens with zero attached hydrogens (tertiary/aromatic N) is 3. The zero-order valence-electron chi connectivity index (χ0n) is 20.7. The van der Waals surface area contributed by atoms with Crippen molar-refractivity contribution in [3.8, 4) is 22.6 Å². The second kappa shape index (κ2) is 14.6. The van der Waals surface area contributed by atoms with Gasteiger partial charge in [0, 0.05) is 29.7 Å². The minimum absolute atomic E-state index is 0.789. The standard InChI is InChI=1S/C30H41N3/c1-3-5-7-9-10-11-13-14-25-16-21-29(31-22-25)27-17-19-28(20-18-27)30-32-23-26(24-33-30)15-12-8-6-4-2/h16-24H,3-15H2,1-2H3. The molecule has 33 heavy (non-hydrogen) atoms. The van der Waals surface area contributed by atoms with Gasteiger partial charge in [0.25, 0.3) is 0 Å². The van der Waals surface area contributed by atoms with E-state index in [4.69, 9.17) is 4.98 Å². The van der Waals surface area contributed by atoms with Crippen LogP contribution >= 0.6 is 0 Å². The average molecular weight is 444 g/mol. The van der Waals surface area contributed by atoms with Gasteiger partial charge in [-0.25, -0.2) is 9.97 Å². The summed E-state index contributed by atoms with van der Waals surface area (Å²) in [7, 11) is 0. The zero-order valence-corrected chi connectivity index (χ0v) is 20.7. The van der Waals surface area contributed by atoms with Crippen LogP contribution in [0.3, 0.4) is 0 Å². The molecule has 3 nitrogen and oxygen atoms in total. The third kappa shape index (κ3) is 8.72. The molecule has 0 aliphatic heterocycles. The fourth-order valence-corrected chi connectivity index (χ4v) is 4.21. The van der Waals surface area contributed by atoms with Gasteiger partial charge in [0.1, 0.15) is 0 Å². The van der Waals surface area contributed by atoms with Gasteiger partial charge in [-0.3, -0.25) is 4.98 Å². The number of aryl methyl sites for hydroxylation is 2. The van der Waals surface area contributed by atoms with Crippen molar-refractivity contribution in [2.45, 2.75) is 97.3 Å². The predicted molar refractivity (Wildman–Crippen MR) is 140 cm³/mol. The molecule has 0 radical (unpaired) electrons. The second-order valence-corrected chi connectivity index (χ2v) is 9.23. The molecule has 0 unspecified atom stereocenters. The van der Waals surface area contributed by atoms with Crippen molar-refractivity contribution >= 4 is 0 Å². The van der Waals surface area contributed by atoms with Crippen molar-refractivity contribution in [3.05, 3.63) is 66.1 Å². The quantitative estimate of drug-likeness (QED) is 0.221. The maximum atomic E-state index is 4.71. The Labute approximate surface area is 201 Å². The fraction of sp³-hybridized carbons (Fsp3) is 0.500. The Morgan fingerprint density at radius 3 is 1.61 bits per heavy atom. The lowest BCUT2D eigenvalue weighted by Gasteiger charge is -2.06. The monoisotopic (exact) mass is 443 g/mol. The number of rotatable bonds is 15. The molecule has 0 spiro atoms. The summed E-state index contributed by atoms with van der Waals surface area (Å²) in [5.74, 6) is 0.789. The molecular formula is C30H41N3. The Kier molecular flexibility index (Phi) is 11.1. The van der Waals surface area contributed by atoms with Crippen molar-refractivity contribution in [2.24, 2.45) is 0 Å². The first-order chi connectivity index (χ1) is 16.3. The molecule has 0 bridgehead atoms. The molecule has 0 N–H and O–H groups in total. The van der Waals surface area contributed by atoms with E-state index >= 15 is 0 Å². The van der Waals surface area contributed by atoms with Crippen molar-refractivity contribution < 1.29 is 0 Å². The van der Waals surface area contributed by atoms with E-state index in [0.717, 1.165) is 35.5 Å². The van der Waals surface area contributed by atoms with E-state index < -0.39 is 0 Å². The number of hydrogen-bond acceptors (Lipinski definition) is 3. The first-order valence-corrected chi connectivity index (χ1v) is 13.2. The van der Waals surface area contributed by atoms with Crippen LogP contribution in [0.2, 0.25) is 0 Å². The van der Waals surface area contributed by atoms with Crippen molar-refractivity contribution in [3.63, 3.8) is 0 Å². The van der Waals surface area contributed by atoms with Gasteiger partial charge in [0.15, 0.2) is 5.82 Å². The SMILES string of the molecule is CCCCCCCCCc1ccc(-c2ccc(-c3ncc(CCCCCC)cn3)cc2)nc1. The van der Waals surface area contributed by atoms with Crippen LogP contribution in [-0.2, 0) is 12.8 Å². The van der Waals surface area contributed by atoms with Gasteiger partial charge in [-0.1, -0.05) is 102 Å². The molecule has 2 heterocycles. The molecule has 1 aromatic carbocycles. The lowest BCUT2D eigenvalue weighted by Crippen LogP contribution is -1.93. The topological polar surface area (TPSA) is 38.7 Å². The highest BCUT2D eigenvalue weighted by Crippen LogP contribution is 2.22. The molecule has 3 aromatic rings. The number of unbranched alkanes of at least 4 members (excludes halogenated alkanes) is 9. The highest BCUT2D eigenvalue weighted by molar-refractivity contribution is 5.65. The van der Waals surface area contributed by atoms with Crippen LogP contribution in [0.5, 0.6) is 0 Å². The van der Waals surface area contributed by atoms with Crippen molar-refractivity contribution in [1.82, 2.24) is 15.0 Å². The zero-order chi connectivity index (χ0) is 23.1. The summed E-state index contributed by atoms with van der Waals surface area (Å²) in [4.78, 5) is 13.9. The Morgan fingerprint density at radius 1 is 0.485 bits per heavy atom. The molecule has 0 amide bonds. The van der Waals surface area contributed by atoms with Gasteiger partial charge < -0.3 is 0 Å². The van der Waals surface area contributed by atoms with Gasteiger partial charge in [-0.15, -0.1) is 0 Å². The van der Waals surface area contributed by atoms with Gasteiger partial charge in [0.2, 0.25) is 0 Å². The Balaban J connectivity index is 1.47. The van der Waals surface area contributed by atoms with E-state index in [1.165, 1.54) is 81.8 Å². The minimum atomic E-state index is 0.789. The first-order valence-electron chi connectivity index (χ1n) is 13.2. The summed E-state index contributed by atoms with van der Waals surface area (Å²) in [6, 6.07) is 12.8. The molecule has 0 saturated carbocycles. The molecule has 3 heteroatoms. The summed E-state index contributed by atoms with van der Waals surface area (Å²) in [6.07, 6.45) is 22.7. The summed E-state index contributed by atoms with van der Waals surface area (Å²) in [6.45, 7) is 4.51. The second-order valence-electron chi connectivity index (χ2n) is 9.23. The largest absolute Gasteiger partial charge is 0.256 e. The number of pyridine rings is 1. The Bertz CT molecular complexity index is 899. The van der Waals surface area contributed by atoms with Gasteiger partial charge in [-0.2, -0.15) is 0 Å². The molecule has 0 fully saturated rings. The summed E-state index contributed by atoms with van der Waals surface area (Å²) >= 11 is 0. The fourth-order valence-electron chi connectivity index (χ4n) is 4.21. The third-order valence-corrected chi connectivity index (χ3v) is 6.36. The molecular weight excluding hydrogens is 402 g/mol. The van der Waals surface area contributed by atoms with Crippen molar-refractivity contribution in [2.75, 3.05) is 0 Å². The highest BCUT2D eigenvalue weighted by atomic mass is 14.9. The smallest absolute Gasteiger partial charge is 0.159 e. The average Bonchev–Trinajstić information content (AvgIpc) is 2.87. The van der Waals surface area contributed by atoms with Crippen LogP contribution < -0.4 is 0 Å². The molecule has 0 saturated heterocycles. The number of aromatic nitrogens is 3. The van der Waals surface area contributed by atoms with Gasteiger partial charge >= 0.3 is 0 Å². The predicted octanol–water partition coefficient (Wildman–Crippen LogP) is 8.62. The summed E-state index contributed by atoms with van der Waals surface area (Å²) in [5.41, 5.74) is 5.77. The highest BCUT2D eigenvalue weighted by Gasteiger charge is 2.05. The molecule has 0 aliphatic carbocycles. The lowest BCUT2D eigenvalue weighted by atomic mass is 10.0. The molecule has 2 aromatic heterocycles. The van der Waals surface area contributed by atoms with Crippen LogP contribution in [0.15, 0.2) is 55.0 Å². The summed E-state index contributed by atoms with van der Waals surface area (Å²) < 4.78 is 0. The molecule has 0 atom stereocenters. The molecule has 3 rings (SSSR count). The van der Waals surface area contributed by atoms with Gasteiger partial charge in [0.05, 0.1) is 5.69 Å². The van der Waals surface area contributed by atoms with Crippen LogP contribution in [-0.4, -0.2) is 15.0 Å². The van der Waals surface area contributed by atoms with Crippen LogP contribution in [0.4, 0.5) is 0 Å². The molecule has 0 aliphatic rings.